The van der Waals surface area contributed by atoms with E-state index in [1.54, 1.807) is 30.3 Å². The van der Waals surface area contributed by atoms with Crippen LogP contribution in [0.25, 0.3) is 0 Å². The van der Waals surface area contributed by atoms with Crippen LogP contribution in [0.5, 0.6) is 0 Å². The van der Waals surface area contributed by atoms with E-state index < -0.39 is 27.5 Å². The maximum atomic E-state index is 11.7. The molecule has 0 atom stereocenters. The van der Waals surface area contributed by atoms with Crippen LogP contribution in [0.4, 0.5) is 5.69 Å². The number of esters is 1. The lowest BCUT2D eigenvalue weighted by Crippen LogP contribution is -2.25. The van der Waals surface area contributed by atoms with E-state index in [4.69, 9.17) is 0 Å². The fourth-order valence-electron chi connectivity index (χ4n) is 1.53. The highest BCUT2D eigenvalue weighted by atomic mass is 32.2. The number of methoxy groups -OCH3 is 1. The first-order valence-corrected chi connectivity index (χ1v) is 7.87. The molecule has 0 aliphatic carbocycles. The van der Waals surface area contributed by atoms with Gasteiger partial charge in [-0.25, -0.2) is 8.42 Å². The zero-order valence-corrected chi connectivity index (χ0v) is 12.0. The average molecular weight is 299 g/mol. The first kappa shape index (κ1) is 16.2. The summed E-state index contributed by atoms with van der Waals surface area (Å²) >= 11 is 0. The molecule has 1 aromatic rings. The fourth-order valence-corrected chi connectivity index (χ4v) is 2.73. The molecule has 20 heavy (non-hydrogen) atoms. The third-order valence-electron chi connectivity index (χ3n) is 2.47. The maximum Gasteiger partial charge on any atom is 0.305 e. The minimum absolute atomic E-state index is 0.0238. The van der Waals surface area contributed by atoms with Crippen molar-refractivity contribution in [1.29, 1.82) is 0 Å². The Bertz CT molecular complexity index is 553. The molecule has 1 amide bonds. The molecule has 0 saturated carbocycles. The van der Waals surface area contributed by atoms with Crippen molar-refractivity contribution >= 4 is 27.4 Å². The number of benzene rings is 1. The van der Waals surface area contributed by atoms with Crippen molar-refractivity contribution in [2.24, 2.45) is 0 Å². The lowest BCUT2D eigenvalue weighted by atomic mass is 10.3. The minimum atomic E-state index is -3.52. The predicted octanol–water partition coefficient (Wildman–Crippen LogP) is 0.993. The van der Waals surface area contributed by atoms with E-state index in [-0.39, 0.29) is 18.6 Å². The van der Waals surface area contributed by atoms with E-state index in [0.29, 0.717) is 5.69 Å². The van der Waals surface area contributed by atoms with Crippen LogP contribution in [0.1, 0.15) is 12.8 Å². The molecule has 0 aliphatic heterocycles. The van der Waals surface area contributed by atoms with Gasteiger partial charge in [0.2, 0.25) is 5.91 Å². The Hall–Kier alpha value is -1.89. The molecule has 0 radical (unpaired) electrons. The summed E-state index contributed by atoms with van der Waals surface area (Å²) in [6.45, 7) is 0. The summed E-state index contributed by atoms with van der Waals surface area (Å²) in [5.41, 5.74) is 0.544. The number of para-hydroxylation sites is 1. The molecule has 6 nitrogen and oxygen atoms in total. The second-order valence-electron chi connectivity index (χ2n) is 4.19. The van der Waals surface area contributed by atoms with Crippen molar-refractivity contribution in [2.75, 3.05) is 23.9 Å². The smallest absolute Gasteiger partial charge is 0.305 e. The fraction of sp³-hybridized carbons (Fsp3) is 0.385. The van der Waals surface area contributed by atoms with Gasteiger partial charge in [-0.1, -0.05) is 18.2 Å². The summed E-state index contributed by atoms with van der Waals surface area (Å²) in [7, 11) is -2.28. The van der Waals surface area contributed by atoms with Crippen LogP contribution in [-0.4, -0.2) is 38.9 Å². The van der Waals surface area contributed by atoms with Crippen LogP contribution in [0.2, 0.25) is 0 Å². The van der Waals surface area contributed by atoms with E-state index in [2.05, 4.69) is 10.1 Å². The van der Waals surface area contributed by atoms with Crippen LogP contribution < -0.4 is 5.32 Å². The molecule has 0 bridgehead atoms. The number of nitrogens with one attached hydrogen (secondary N) is 1. The highest BCUT2D eigenvalue weighted by Crippen LogP contribution is 2.06. The van der Waals surface area contributed by atoms with Gasteiger partial charge >= 0.3 is 5.97 Å². The number of hydrogen-bond donors (Lipinski definition) is 1. The van der Waals surface area contributed by atoms with Crippen molar-refractivity contribution in [3.05, 3.63) is 30.3 Å². The number of rotatable bonds is 7. The summed E-state index contributed by atoms with van der Waals surface area (Å²) in [5, 5.41) is 2.50. The van der Waals surface area contributed by atoms with Crippen molar-refractivity contribution in [1.82, 2.24) is 0 Å². The summed E-state index contributed by atoms with van der Waals surface area (Å²) in [6, 6.07) is 8.60. The van der Waals surface area contributed by atoms with Gasteiger partial charge in [-0.15, -0.1) is 0 Å². The van der Waals surface area contributed by atoms with Gasteiger partial charge < -0.3 is 10.1 Å². The number of carbonyl (C=O) groups is 2. The Morgan fingerprint density at radius 1 is 1.20 bits per heavy atom. The molecule has 1 rings (SSSR count). The van der Waals surface area contributed by atoms with E-state index >= 15 is 0 Å². The molecular weight excluding hydrogens is 282 g/mol. The number of ether oxygens (including phenoxy) is 1. The number of amides is 1. The second-order valence-corrected chi connectivity index (χ2v) is 6.37. The summed E-state index contributed by atoms with van der Waals surface area (Å²) in [6.07, 6.45) is 0.170. The van der Waals surface area contributed by atoms with Crippen LogP contribution >= 0.6 is 0 Å². The third-order valence-corrected chi connectivity index (χ3v) is 4.09. The standard InChI is InChI=1S/C13H17NO5S/c1-19-13(16)8-5-9-20(17,18)10-12(15)14-11-6-3-2-4-7-11/h2-4,6-7H,5,8-10H2,1H3,(H,14,15). The van der Waals surface area contributed by atoms with Crippen LogP contribution in [0, 0.1) is 0 Å². The third kappa shape index (κ3) is 6.33. The first-order chi connectivity index (χ1) is 9.43. The Morgan fingerprint density at radius 2 is 1.85 bits per heavy atom. The molecule has 0 unspecified atom stereocenters. The first-order valence-electron chi connectivity index (χ1n) is 6.05. The van der Waals surface area contributed by atoms with Crippen LogP contribution in [-0.2, 0) is 24.2 Å². The zero-order valence-electron chi connectivity index (χ0n) is 11.2. The number of sulfone groups is 1. The van der Waals surface area contributed by atoms with Gasteiger partial charge in [0, 0.05) is 12.1 Å². The zero-order chi connectivity index (χ0) is 15.0. The monoisotopic (exact) mass is 299 g/mol. The van der Waals surface area contributed by atoms with E-state index in [1.165, 1.54) is 7.11 Å². The Labute approximate surface area is 118 Å². The van der Waals surface area contributed by atoms with Crippen molar-refractivity contribution in [2.45, 2.75) is 12.8 Å². The molecule has 1 N–H and O–H groups in total. The maximum absolute atomic E-state index is 11.7. The van der Waals surface area contributed by atoms with Gasteiger partial charge in [0.25, 0.3) is 0 Å². The van der Waals surface area contributed by atoms with Gasteiger partial charge in [-0.3, -0.25) is 9.59 Å². The number of carbonyl (C=O) groups excluding carboxylic acids is 2. The van der Waals surface area contributed by atoms with Gasteiger partial charge in [0.15, 0.2) is 9.84 Å². The Morgan fingerprint density at radius 3 is 2.45 bits per heavy atom. The van der Waals surface area contributed by atoms with E-state index in [9.17, 15) is 18.0 Å². The van der Waals surface area contributed by atoms with Gasteiger partial charge in [-0.2, -0.15) is 0 Å². The van der Waals surface area contributed by atoms with Gasteiger partial charge in [-0.05, 0) is 18.6 Å². The molecule has 7 heteroatoms. The van der Waals surface area contributed by atoms with Crippen molar-refractivity contribution in [3.63, 3.8) is 0 Å². The molecule has 0 spiro atoms. The summed E-state index contributed by atoms with van der Waals surface area (Å²) in [5.74, 6) is -1.86. The largest absolute Gasteiger partial charge is 0.469 e. The normalized spacial score (nSPS) is 10.8. The van der Waals surface area contributed by atoms with Crippen molar-refractivity contribution < 1.29 is 22.7 Å². The second kappa shape index (κ2) is 7.64. The quantitative estimate of drug-likeness (QED) is 0.758. The van der Waals surface area contributed by atoms with Gasteiger partial charge in [0.1, 0.15) is 5.75 Å². The topological polar surface area (TPSA) is 89.5 Å². The highest BCUT2D eigenvalue weighted by molar-refractivity contribution is 7.92. The lowest BCUT2D eigenvalue weighted by molar-refractivity contribution is -0.140. The predicted molar refractivity (Wildman–Crippen MR) is 75.0 cm³/mol. The van der Waals surface area contributed by atoms with Crippen LogP contribution in [0.15, 0.2) is 30.3 Å². The van der Waals surface area contributed by atoms with E-state index in [0.717, 1.165) is 0 Å². The Balaban J connectivity index is 2.42. The molecule has 1 aromatic carbocycles. The lowest BCUT2D eigenvalue weighted by Gasteiger charge is -2.06. The molecule has 0 aromatic heterocycles. The molecule has 0 fully saturated rings. The molecular formula is C13H17NO5S. The molecule has 0 aliphatic rings. The Kier molecular flexibility index (Phi) is 6.17. The SMILES string of the molecule is COC(=O)CCCS(=O)(=O)CC(=O)Nc1ccccc1. The van der Waals surface area contributed by atoms with Gasteiger partial charge in [0.05, 0.1) is 12.9 Å². The highest BCUT2D eigenvalue weighted by Gasteiger charge is 2.17. The average Bonchev–Trinajstić information content (AvgIpc) is 2.38. The molecule has 0 heterocycles. The van der Waals surface area contributed by atoms with Crippen molar-refractivity contribution in [3.8, 4) is 0 Å². The minimum Gasteiger partial charge on any atom is -0.469 e. The van der Waals surface area contributed by atoms with E-state index in [1.807, 2.05) is 0 Å². The number of anilines is 1. The summed E-state index contributed by atoms with van der Waals surface area (Å²) < 4.78 is 27.8. The van der Waals surface area contributed by atoms with Crippen LogP contribution in [0.3, 0.4) is 0 Å². The number of hydrogen-bond acceptors (Lipinski definition) is 5. The molecule has 0 saturated heterocycles. The summed E-state index contributed by atoms with van der Waals surface area (Å²) in [4.78, 5) is 22.5. The molecule has 110 valence electrons.